The molecule has 3 nitrogen and oxygen atoms in total. The SMILES string of the molecule is CCc1ccccc1N1C(=O)CCNCC1(C)C. The van der Waals surface area contributed by atoms with Crippen molar-refractivity contribution in [2.45, 2.75) is 39.2 Å². The molecule has 0 saturated carbocycles. The number of amides is 1. The van der Waals surface area contributed by atoms with Crippen LogP contribution in [0.15, 0.2) is 24.3 Å². The topological polar surface area (TPSA) is 32.3 Å². The molecular weight excluding hydrogens is 224 g/mol. The normalized spacial score (nSPS) is 19.7. The van der Waals surface area contributed by atoms with E-state index in [4.69, 9.17) is 0 Å². The molecule has 0 unspecified atom stereocenters. The molecule has 0 atom stereocenters. The number of benzene rings is 1. The number of carbonyl (C=O) groups is 1. The molecule has 2 rings (SSSR count). The maximum Gasteiger partial charge on any atom is 0.228 e. The molecule has 1 N–H and O–H groups in total. The Morgan fingerprint density at radius 2 is 2.06 bits per heavy atom. The summed E-state index contributed by atoms with van der Waals surface area (Å²) in [5.74, 6) is 0.214. The average molecular weight is 246 g/mol. The first-order valence-corrected chi connectivity index (χ1v) is 6.68. The van der Waals surface area contributed by atoms with Crippen molar-refractivity contribution in [1.29, 1.82) is 0 Å². The van der Waals surface area contributed by atoms with Gasteiger partial charge in [-0.2, -0.15) is 0 Å². The van der Waals surface area contributed by atoms with Crippen LogP contribution >= 0.6 is 0 Å². The fraction of sp³-hybridized carbons (Fsp3) is 0.533. The summed E-state index contributed by atoms with van der Waals surface area (Å²) in [4.78, 5) is 14.4. The first-order valence-electron chi connectivity index (χ1n) is 6.68. The lowest BCUT2D eigenvalue weighted by atomic mass is 9.99. The van der Waals surface area contributed by atoms with Crippen LogP contribution in [0.4, 0.5) is 5.69 Å². The summed E-state index contributed by atoms with van der Waals surface area (Å²) in [6.45, 7) is 7.97. The molecule has 1 fully saturated rings. The van der Waals surface area contributed by atoms with E-state index in [0.717, 1.165) is 25.2 Å². The summed E-state index contributed by atoms with van der Waals surface area (Å²) in [5.41, 5.74) is 2.12. The summed E-state index contributed by atoms with van der Waals surface area (Å²) in [6, 6.07) is 8.22. The number of nitrogens with one attached hydrogen (secondary N) is 1. The lowest BCUT2D eigenvalue weighted by molar-refractivity contribution is -0.119. The van der Waals surface area contributed by atoms with Gasteiger partial charge in [-0.15, -0.1) is 0 Å². The number of rotatable bonds is 2. The highest BCUT2D eigenvalue weighted by Crippen LogP contribution is 2.29. The maximum atomic E-state index is 12.4. The molecule has 18 heavy (non-hydrogen) atoms. The van der Waals surface area contributed by atoms with E-state index >= 15 is 0 Å². The van der Waals surface area contributed by atoms with Crippen molar-refractivity contribution in [3.63, 3.8) is 0 Å². The number of anilines is 1. The summed E-state index contributed by atoms with van der Waals surface area (Å²) in [6.07, 6.45) is 1.52. The van der Waals surface area contributed by atoms with Crippen LogP contribution in [-0.4, -0.2) is 24.5 Å². The molecule has 0 radical (unpaired) electrons. The van der Waals surface area contributed by atoms with Gasteiger partial charge in [0, 0.05) is 25.2 Å². The van der Waals surface area contributed by atoms with Crippen molar-refractivity contribution >= 4 is 11.6 Å². The van der Waals surface area contributed by atoms with Crippen LogP contribution in [0.2, 0.25) is 0 Å². The van der Waals surface area contributed by atoms with Crippen molar-refractivity contribution < 1.29 is 4.79 Å². The molecule has 0 aromatic heterocycles. The Hall–Kier alpha value is -1.35. The van der Waals surface area contributed by atoms with Crippen molar-refractivity contribution in [2.24, 2.45) is 0 Å². The Balaban J connectivity index is 2.47. The van der Waals surface area contributed by atoms with E-state index in [9.17, 15) is 4.79 Å². The molecular formula is C15H22N2O. The molecule has 1 saturated heterocycles. The van der Waals surface area contributed by atoms with Gasteiger partial charge in [-0.1, -0.05) is 25.1 Å². The van der Waals surface area contributed by atoms with Crippen molar-refractivity contribution in [2.75, 3.05) is 18.0 Å². The van der Waals surface area contributed by atoms with Gasteiger partial charge in [-0.25, -0.2) is 0 Å². The highest BCUT2D eigenvalue weighted by atomic mass is 16.2. The molecule has 1 aliphatic rings. The Labute approximate surface area is 109 Å². The molecule has 1 aromatic carbocycles. The minimum Gasteiger partial charge on any atom is -0.314 e. The van der Waals surface area contributed by atoms with E-state index in [2.05, 4.69) is 38.2 Å². The van der Waals surface area contributed by atoms with E-state index in [1.165, 1.54) is 5.56 Å². The Kier molecular flexibility index (Phi) is 3.71. The summed E-state index contributed by atoms with van der Waals surface area (Å²) < 4.78 is 0. The monoisotopic (exact) mass is 246 g/mol. The molecule has 98 valence electrons. The predicted molar refractivity (Wildman–Crippen MR) is 74.9 cm³/mol. The zero-order valence-corrected chi connectivity index (χ0v) is 11.5. The maximum absolute atomic E-state index is 12.4. The average Bonchev–Trinajstić information content (AvgIpc) is 2.47. The summed E-state index contributed by atoms with van der Waals surface area (Å²) >= 11 is 0. The van der Waals surface area contributed by atoms with Gasteiger partial charge in [-0.05, 0) is 31.9 Å². The van der Waals surface area contributed by atoms with E-state index in [1.807, 2.05) is 17.0 Å². The first kappa shape index (κ1) is 13.1. The van der Waals surface area contributed by atoms with Crippen LogP contribution in [0.25, 0.3) is 0 Å². The first-order chi connectivity index (χ1) is 8.56. The van der Waals surface area contributed by atoms with Gasteiger partial charge in [0.2, 0.25) is 5.91 Å². The standard InChI is InChI=1S/C15H22N2O/c1-4-12-7-5-6-8-13(12)17-14(18)9-10-16-11-15(17,2)3/h5-8,16H,4,9-11H2,1-3H3. The lowest BCUT2D eigenvalue weighted by Crippen LogP contribution is -2.51. The molecule has 0 aliphatic carbocycles. The molecule has 0 bridgehead atoms. The Bertz CT molecular complexity index is 440. The third-order valence-corrected chi connectivity index (χ3v) is 3.54. The van der Waals surface area contributed by atoms with Crippen LogP contribution < -0.4 is 10.2 Å². The minimum absolute atomic E-state index is 0.182. The summed E-state index contributed by atoms with van der Waals surface area (Å²) in [5, 5.41) is 3.34. The predicted octanol–water partition coefficient (Wildman–Crippen LogP) is 2.35. The third kappa shape index (κ3) is 2.41. The van der Waals surface area contributed by atoms with Gasteiger partial charge in [0.1, 0.15) is 0 Å². The van der Waals surface area contributed by atoms with Crippen molar-refractivity contribution in [3.05, 3.63) is 29.8 Å². The lowest BCUT2D eigenvalue weighted by Gasteiger charge is -2.38. The van der Waals surface area contributed by atoms with Crippen LogP contribution in [0.1, 0.15) is 32.8 Å². The Morgan fingerprint density at radius 1 is 1.33 bits per heavy atom. The van der Waals surface area contributed by atoms with Gasteiger partial charge >= 0.3 is 0 Å². The molecule has 0 spiro atoms. The smallest absolute Gasteiger partial charge is 0.228 e. The number of nitrogens with zero attached hydrogens (tertiary/aromatic N) is 1. The number of para-hydroxylation sites is 1. The van der Waals surface area contributed by atoms with Crippen molar-refractivity contribution in [3.8, 4) is 0 Å². The Morgan fingerprint density at radius 3 is 2.78 bits per heavy atom. The van der Waals surface area contributed by atoms with Crippen molar-refractivity contribution in [1.82, 2.24) is 5.32 Å². The zero-order chi connectivity index (χ0) is 13.2. The third-order valence-electron chi connectivity index (χ3n) is 3.54. The molecule has 1 amide bonds. The number of hydrogen-bond acceptors (Lipinski definition) is 2. The highest BCUT2D eigenvalue weighted by Gasteiger charge is 2.34. The number of hydrogen-bond donors (Lipinski definition) is 1. The fourth-order valence-electron chi connectivity index (χ4n) is 2.61. The van der Waals surface area contributed by atoms with Gasteiger partial charge < -0.3 is 10.2 Å². The van der Waals surface area contributed by atoms with Gasteiger partial charge in [0.25, 0.3) is 0 Å². The molecule has 1 heterocycles. The second kappa shape index (κ2) is 5.11. The van der Waals surface area contributed by atoms with Gasteiger partial charge in [-0.3, -0.25) is 4.79 Å². The van der Waals surface area contributed by atoms with Gasteiger partial charge in [0.05, 0.1) is 5.54 Å². The van der Waals surface area contributed by atoms with E-state index in [-0.39, 0.29) is 11.4 Å². The molecule has 3 heteroatoms. The number of carbonyl (C=O) groups excluding carboxylic acids is 1. The van der Waals surface area contributed by atoms with Crippen LogP contribution in [0.5, 0.6) is 0 Å². The van der Waals surface area contributed by atoms with E-state index in [1.54, 1.807) is 0 Å². The summed E-state index contributed by atoms with van der Waals surface area (Å²) in [7, 11) is 0. The minimum atomic E-state index is -0.182. The second-order valence-corrected chi connectivity index (χ2v) is 5.45. The fourth-order valence-corrected chi connectivity index (χ4v) is 2.61. The zero-order valence-electron chi connectivity index (χ0n) is 11.5. The van der Waals surface area contributed by atoms with Crippen LogP contribution in [0, 0.1) is 0 Å². The van der Waals surface area contributed by atoms with Crippen LogP contribution in [-0.2, 0) is 11.2 Å². The van der Waals surface area contributed by atoms with Crippen LogP contribution in [0.3, 0.4) is 0 Å². The molecule has 1 aliphatic heterocycles. The largest absolute Gasteiger partial charge is 0.314 e. The second-order valence-electron chi connectivity index (χ2n) is 5.45. The van der Waals surface area contributed by atoms with E-state index < -0.39 is 0 Å². The van der Waals surface area contributed by atoms with E-state index in [0.29, 0.717) is 6.42 Å². The van der Waals surface area contributed by atoms with Gasteiger partial charge in [0.15, 0.2) is 0 Å². The highest BCUT2D eigenvalue weighted by molar-refractivity contribution is 5.96. The quantitative estimate of drug-likeness (QED) is 0.868. The number of aryl methyl sites for hydroxylation is 1. The molecule has 1 aromatic rings.